The summed E-state index contributed by atoms with van der Waals surface area (Å²) in [5.74, 6) is -0.0101. The molecule has 0 aliphatic heterocycles. The summed E-state index contributed by atoms with van der Waals surface area (Å²) in [5, 5.41) is -0.121. The molecule has 8 aliphatic rings. The molecule has 12 nitrogen and oxygen atoms in total. The number of phosphoric ester groups is 2. The van der Waals surface area contributed by atoms with Crippen molar-refractivity contribution in [2.24, 2.45) is 35.5 Å². The van der Waals surface area contributed by atoms with E-state index in [0.717, 1.165) is 49.7 Å². The molecule has 4 atom stereocenters. The fraction of sp³-hybridized carbons (Fsp3) is 0.568. The van der Waals surface area contributed by atoms with Gasteiger partial charge in [-0.25, -0.2) is 9.13 Å². The molecule has 16 heteroatoms. The van der Waals surface area contributed by atoms with Crippen molar-refractivity contribution >= 4 is 50.4 Å². The van der Waals surface area contributed by atoms with Crippen molar-refractivity contribution in [3.05, 3.63) is 68.7 Å². The summed E-state index contributed by atoms with van der Waals surface area (Å²) in [5.41, 5.74) is 1.19. The van der Waals surface area contributed by atoms with Gasteiger partial charge in [-0.3, -0.25) is 19.6 Å². The van der Waals surface area contributed by atoms with E-state index in [2.05, 4.69) is 0 Å². The Hall–Kier alpha value is -2.08. The van der Waals surface area contributed by atoms with Crippen molar-refractivity contribution < 1.29 is 64.9 Å². The molecule has 0 amide bonds. The summed E-state index contributed by atoms with van der Waals surface area (Å²) in [6, 6.07) is 8.44. The molecule has 0 spiro atoms. The van der Waals surface area contributed by atoms with E-state index in [4.69, 9.17) is 59.4 Å². The van der Waals surface area contributed by atoms with Crippen LogP contribution in [0.4, 0.5) is 0 Å². The molecule has 4 unspecified atom stereocenters. The zero-order valence-electron chi connectivity index (χ0n) is 34.4. The minimum absolute atomic E-state index is 0.0359. The summed E-state index contributed by atoms with van der Waals surface area (Å²) in [4.78, 5) is 37.8. The SMILES string of the molecule is [2H]C([2H])([2H])OC(=C1C2CC3CC1CC(OCOC14CC5CC(C1)C(=C(OC([2H])([2H])[2H])c1ccc(Cl)c(OP(=O)(O)O)c1)C(C5)C4)(C3)C2)c1ccc(Cl)c(OP(=O)(O)O)c1. The summed E-state index contributed by atoms with van der Waals surface area (Å²) in [6.07, 6.45) is 7.26. The molecule has 2 aromatic rings. The highest BCUT2D eigenvalue weighted by molar-refractivity contribution is 7.47. The second kappa shape index (κ2) is 13.8. The Kier molecular flexibility index (Phi) is 8.11. The Morgan fingerprint density at radius 3 is 1.40 bits per heavy atom. The van der Waals surface area contributed by atoms with Crippen LogP contribution in [0.25, 0.3) is 11.5 Å². The average molecular weight is 820 g/mol. The van der Waals surface area contributed by atoms with E-state index in [-0.39, 0.29) is 74.7 Å². The lowest BCUT2D eigenvalue weighted by Gasteiger charge is -2.59. The van der Waals surface area contributed by atoms with Crippen LogP contribution in [0, 0.1) is 35.5 Å². The average Bonchev–Trinajstić information content (AvgIpc) is 3.06. The van der Waals surface area contributed by atoms with Crippen molar-refractivity contribution in [3.8, 4) is 11.5 Å². The van der Waals surface area contributed by atoms with Gasteiger partial charge >= 0.3 is 15.6 Å². The minimum Gasteiger partial charge on any atom is -0.496 e. The first-order chi connectivity index (χ1) is 27.3. The van der Waals surface area contributed by atoms with E-state index in [0.29, 0.717) is 37.5 Å². The molecule has 53 heavy (non-hydrogen) atoms. The first-order valence-electron chi connectivity index (χ1n) is 20.6. The van der Waals surface area contributed by atoms with Crippen LogP contribution in [-0.4, -0.2) is 51.6 Å². The predicted molar refractivity (Wildman–Crippen MR) is 196 cm³/mol. The van der Waals surface area contributed by atoms with Gasteiger partial charge in [0, 0.05) is 11.1 Å². The number of benzene rings is 2. The maximum absolute atomic E-state index is 11.7. The lowest BCUT2D eigenvalue weighted by Crippen LogP contribution is -2.55. The molecule has 8 bridgehead atoms. The molecule has 0 heterocycles. The molecule has 288 valence electrons. The highest BCUT2D eigenvalue weighted by Crippen LogP contribution is 2.63. The molecule has 0 saturated heterocycles. The third kappa shape index (κ3) is 7.46. The fourth-order valence-corrected chi connectivity index (χ4v) is 12.3. The van der Waals surface area contributed by atoms with Crippen LogP contribution in [0.1, 0.15) is 83.6 Å². The molecule has 0 radical (unpaired) electrons. The normalized spacial score (nSPS) is 34.8. The summed E-state index contributed by atoms with van der Waals surface area (Å²) in [7, 11) is -15.6. The lowest BCUT2D eigenvalue weighted by atomic mass is 9.51. The predicted octanol–water partition coefficient (Wildman–Crippen LogP) is 8.50. The first kappa shape index (κ1) is 31.1. The van der Waals surface area contributed by atoms with Crippen LogP contribution in [0.2, 0.25) is 10.0 Å². The summed E-state index contributed by atoms with van der Waals surface area (Å²) in [6.45, 7) is 0.0359. The van der Waals surface area contributed by atoms with Crippen molar-refractivity contribution in [2.45, 2.75) is 75.4 Å². The van der Waals surface area contributed by atoms with Gasteiger partial charge in [0.05, 0.1) is 43.5 Å². The van der Waals surface area contributed by atoms with Crippen LogP contribution in [0.3, 0.4) is 0 Å². The van der Waals surface area contributed by atoms with Crippen molar-refractivity contribution in [1.29, 1.82) is 0 Å². The minimum atomic E-state index is -4.97. The molecule has 2 aromatic carbocycles. The van der Waals surface area contributed by atoms with E-state index >= 15 is 0 Å². The lowest BCUT2D eigenvalue weighted by molar-refractivity contribution is -0.250. The highest BCUT2D eigenvalue weighted by Gasteiger charge is 2.57. The number of hydrogen-bond donors (Lipinski definition) is 4. The van der Waals surface area contributed by atoms with Crippen LogP contribution in [-0.2, 0) is 28.1 Å². The Labute approximate surface area is 326 Å². The van der Waals surface area contributed by atoms with Gasteiger partial charge in [0.2, 0.25) is 0 Å². The van der Waals surface area contributed by atoms with E-state index in [9.17, 15) is 28.7 Å². The highest BCUT2D eigenvalue weighted by atomic mass is 35.5. The van der Waals surface area contributed by atoms with Crippen molar-refractivity contribution in [2.75, 3.05) is 20.9 Å². The fourth-order valence-electron chi connectivity index (χ4n) is 11.1. The van der Waals surface area contributed by atoms with E-state index < -0.39 is 40.9 Å². The molecule has 0 aromatic heterocycles. The smallest absolute Gasteiger partial charge is 0.496 e. The molecule has 4 N–H and O–H groups in total. The van der Waals surface area contributed by atoms with Crippen molar-refractivity contribution in [1.82, 2.24) is 0 Å². The van der Waals surface area contributed by atoms with Crippen LogP contribution in [0.5, 0.6) is 11.5 Å². The van der Waals surface area contributed by atoms with E-state index in [1.165, 1.54) is 24.3 Å². The van der Waals surface area contributed by atoms with Gasteiger partial charge in [0.15, 0.2) is 11.5 Å². The number of hydrogen-bond acceptors (Lipinski definition) is 8. The van der Waals surface area contributed by atoms with E-state index in [1.807, 2.05) is 0 Å². The molecule has 8 aliphatic carbocycles. The van der Waals surface area contributed by atoms with Crippen LogP contribution >= 0.6 is 38.8 Å². The third-order valence-electron chi connectivity index (χ3n) is 12.3. The molecule has 10 rings (SSSR count). The van der Waals surface area contributed by atoms with Gasteiger partial charge in [-0.1, -0.05) is 23.2 Å². The van der Waals surface area contributed by atoms with Gasteiger partial charge in [-0.15, -0.1) is 0 Å². The van der Waals surface area contributed by atoms with Gasteiger partial charge < -0.3 is 28.0 Å². The maximum Gasteiger partial charge on any atom is 0.524 e. The molecule has 8 saturated carbocycles. The topological polar surface area (TPSA) is 170 Å². The summed E-state index contributed by atoms with van der Waals surface area (Å²) >= 11 is 12.4. The monoisotopic (exact) mass is 818 g/mol. The Bertz CT molecular complexity index is 1980. The second-order valence-electron chi connectivity index (χ2n) is 15.7. The summed E-state index contributed by atoms with van der Waals surface area (Å²) < 4.78 is 106. The third-order valence-corrected chi connectivity index (χ3v) is 13.8. The number of halogens is 2. The number of allylic oxidation sites excluding steroid dienone is 2. The van der Waals surface area contributed by atoms with Gasteiger partial charge in [0.1, 0.15) is 18.3 Å². The largest absolute Gasteiger partial charge is 0.524 e. The quantitative estimate of drug-likeness (QED) is 0.0916. The molecule has 8 fully saturated rings. The van der Waals surface area contributed by atoms with Gasteiger partial charge in [-0.2, -0.15) is 0 Å². The standard InChI is InChI=1S/C37H44Cl2O12P2/c1-46-34(22-3-5-28(38)30(11-22)50-52(40,41)42)32-24-7-20-8-25(32)16-36(13-20,15-24)48-19-49-37-14-21-9-26(17-37)33(27(10-21)18-37)35(47-2)23-4-6-29(39)31(12-23)51-53(43,44)45/h3-6,11-12,20-21,24-27H,7-10,13-19H2,1-2H3,(H2,40,41,42)(H2,43,44,45)/i1D3,2D3. The van der Waals surface area contributed by atoms with Crippen LogP contribution in [0.15, 0.2) is 47.5 Å². The maximum atomic E-state index is 11.7. The Morgan fingerprint density at radius 1 is 0.679 bits per heavy atom. The zero-order valence-corrected chi connectivity index (χ0v) is 31.7. The Balaban J connectivity index is 1.02. The Morgan fingerprint density at radius 2 is 1.06 bits per heavy atom. The number of phosphoric acid groups is 2. The van der Waals surface area contributed by atoms with E-state index in [1.54, 1.807) is 12.1 Å². The number of rotatable bonds is 12. The van der Waals surface area contributed by atoms with Crippen LogP contribution < -0.4 is 9.05 Å². The zero-order chi connectivity index (χ0) is 42.5. The number of ether oxygens (including phenoxy) is 4. The van der Waals surface area contributed by atoms with Gasteiger partial charge in [0.25, 0.3) is 0 Å². The molecular weight excluding hydrogens is 769 g/mol. The second-order valence-corrected chi connectivity index (χ2v) is 18.8. The van der Waals surface area contributed by atoms with Crippen molar-refractivity contribution in [3.63, 3.8) is 0 Å². The van der Waals surface area contributed by atoms with Gasteiger partial charge in [-0.05, 0) is 147 Å². The molecular formula is C37H44Cl2O12P2. The number of methoxy groups -OCH3 is 2. The first-order valence-corrected chi connectivity index (χ1v) is 21.4.